The maximum absolute atomic E-state index is 13.4. The first kappa shape index (κ1) is 21.2. The number of ketones is 1. The van der Waals surface area contributed by atoms with E-state index in [2.05, 4.69) is 46.5 Å². The van der Waals surface area contributed by atoms with Gasteiger partial charge >= 0.3 is 0 Å². The minimum Gasteiger partial charge on any atom is -0.393 e. The number of aliphatic hydroxyl groups excluding tert-OH is 1. The average molecular weight is 397 g/mol. The van der Waals surface area contributed by atoms with Gasteiger partial charge in [-0.25, -0.2) is 0 Å². The fourth-order valence-electron chi connectivity index (χ4n) is 7.92. The highest BCUT2D eigenvalue weighted by molar-refractivity contribution is 5.94. The molecule has 4 rings (SSSR count). The van der Waals surface area contributed by atoms with E-state index >= 15 is 0 Å². The van der Waals surface area contributed by atoms with Crippen LogP contribution in [-0.4, -0.2) is 17.0 Å². The van der Waals surface area contributed by atoms with E-state index in [0.29, 0.717) is 41.8 Å². The van der Waals surface area contributed by atoms with E-state index in [1.807, 2.05) is 6.08 Å². The third-order valence-electron chi connectivity index (χ3n) is 9.49. The molecule has 4 aliphatic carbocycles. The smallest absolute Gasteiger partial charge is 0.159 e. The molecule has 2 nitrogen and oxygen atoms in total. The SMILES string of the molecule is CC(C)C#CCC(C)[C@H]1CCC2[C@@H]3C(=O)C=C4C[C@@H](O)CC[C@]4(C)C3CC[C@@]21C. The van der Waals surface area contributed by atoms with Gasteiger partial charge in [-0.05, 0) is 85.5 Å². The first-order valence-electron chi connectivity index (χ1n) is 12.1. The summed E-state index contributed by atoms with van der Waals surface area (Å²) in [5.74, 6) is 10.1. The van der Waals surface area contributed by atoms with Crippen molar-refractivity contribution >= 4 is 5.78 Å². The molecule has 0 heterocycles. The molecule has 0 radical (unpaired) electrons. The molecular formula is C27H40O2. The predicted molar refractivity (Wildman–Crippen MR) is 118 cm³/mol. The fraction of sp³-hybridized carbons (Fsp3) is 0.815. The van der Waals surface area contributed by atoms with E-state index in [4.69, 9.17) is 0 Å². The maximum atomic E-state index is 13.4. The van der Waals surface area contributed by atoms with Crippen molar-refractivity contribution < 1.29 is 9.90 Å². The minimum absolute atomic E-state index is 0.131. The third kappa shape index (κ3) is 3.42. The van der Waals surface area contributed by atoms with E-state index in [-0.39, 0.29) is 22.9 Å². The monoisotopic (exact) mass is 396 g/mol. The molecule has 0 spiro atoms. The lowest BCUT2D eigenvalue weighted by atomic mass is 9.46. The zero-order valence-electron chi connectivity index (χ0n) is 19.1. The van der Waals surface area contributed by atoms with Crippen LogP contribution in [0.15, 0.2) is 11.6 Å². The molecule has 160 valence electrons. The molecule has 0 bridgehead atoms. The molecule has 3 fully saturated rings. The number of carbonyl (C=O) groups excluding carboxylic acids is 1. The van der Waals surface area contributed by atoms with E-state index < -0.39 is 0 Å². The zero-order valence-corrected chi connectivity index (χ0v) is 19.1. The van der Waals surface area contributed by atoms with Crippen LogP contribution in [0.4, 0.5) is 0 Å². The van der Waals surface area contributed by atoms with Crippen molar-refractivity contribution in [3.63, 3.8) is 0 Å². The Morgan fingerprint density at radius 3 is 2.59 bits per heavy atom. The first-order chi connectivity index (χ1) is 13.7. The van der Waals surface area contributed by atoms with Crippen LogP contribution in [-0.2, 0) is 4.79 Å². The lowest BCUT2D eigenvalue weighted by Crippen LogP contribution is -2.53. The summed E-state index contributed by atoms with van der Waals surface area (Å²) >= 11 is 0. The summed E-state index contributed by atoms with van der Waals surface area (Å²) in [5.41, 5.74) is 1.66. The summed E-state index contributed by atoms with van der Waals surface area (Å²) in [6.45, 7) is 11.6. The van der Waals surface area contributed by atoms with Gasteiger partial charge in [0.25, 0.3) is 0 Å². The molecule has 4 aliphatic rings. The number of hydrogen-bond donors (Lipinski definition) is 1. The van der Waals surface area contributed by atoms with Crippen molar-refractivity contribution in [1.82, 2.24) is 0 Å². The summed E-state index contributed by atoms with van der Waals surface area (Å²) in [7, 11) is 0. The minimum atomic E-state index is -0.254. The molecule has 29 heavy (non-hydrogen) atoms. The lowest BCUT2D eigenvalue weighted by molar-refractivity contribution is -0.135. The predicted octanol–water partition coefficient (Wildman–Crippen LogP) is 5.79. The van der Waals surface area contributed by atoms with Crippen LogP contribution in [0.5, 0.6) is 0 Å². The van der Waals surface area contributed by atoms with Crippen LogP contribution >= 0.6 is 0 Å². The molecular weight excluding hydrogens is 356 g/mol. The molecule has 3 unspecified atom stereocenters. The Labute approximate surface area is 177 Å². The highest BCUT2D eigenvalue weighted by Gasteiger charge is 2.61. The molecule has 3 saturated carbocycles. The van der Waals surface area contributed by atoms with Crippen molar-refractivity contribution in [1.29, 1.82) is 0 Å². The van der Waals surface area contributed by atoms with Gasteiger partial charge in [0.1, 0.15) is 0 Å². The van der Waals surface area contributed by atoms with E-state index in [1.165, 1.54) is 31.3 Å². The van der Waals surface area contributed by atoms with E-state index in [9.17, 15) is 9.90 Å². The standard InChI is InChI=1S/C27H40O2/c1-17(2)7-6-8-18(3)21-9-10-22-25-23(12-14-27(21,22)5)26(4)13-11-20(28)15-19(26)16-24(25)29/h16-18,20-23,25,28H,8-15H2,1-5H3/t18?,20-,21+,22?,23?,25-,26-,27+/m0/s1. The topological polar surface area (TPSA) is 37.3 Å². The Balaban J connectivity index is 1.58. The summed E-state index contributed by atoms with van der Waals surface area (Å²) < 4.78 is 0. The van der Waals surface area contributed by atoms with Gasteiger partial charge in [-0.15, -0.1) is 11.8 Å². The summed E-state index contributed by atoms with van der Waals surface area (Å²) in [6, 6.07) is 0. The van der Waals surface area contributed by atoms with Gasteiger partial charge in [0.05, 0.1) is 6.10 Å². The highest BCUT2D eigenvalue weighted by Crippen LogP contribution is 2.66. The fourth-order valence-corrected chi connectivity index (χ4v) is 7.92. The Kier molecular flexibility index (Phi) is 5.52. The summed E-state index contributed by atoms with van der Waals surface area (Å²) in [4.78, 5) is 13.4. The number of carbonyl (C=O) groups is 1. The Bertz CT molecular complexity index is 752. The van der Waals surface area contributed by atoms with Gasteiger partial charge < -0.3 is 5.11 Å². The molecule has 0 aliphatic heterocycles. The van der Waals surface area contributed by atoms with Gasteiger partial charge in [0, 0.05) is 18.3 Å². The Morgan fingerprint density at radius 2 is 1.86 bits per heavy atom. The van der Waals surface area contributed by atoms with Gasteiger partial charge in [-0.1, -0.05) is 40.2 Å². The van der Waals surface area contributed by atoms with Gasteiger partial charge in [-0.2, -0.15) is 0 Å². The quantitative estimate of drug-likeness (QED) is 0.600. The molecule has 0 saturated heterocycles. The normalized spacial score (nSPS) is 44.9. The number of hydrogen-bond acceptors (Lipinski definition) is 2. The van der Waals surface area contributed by atoms with Gasteiger partial charge in [0.15, 0.2) is 5.78 Å². The van der Waals surface area contributed by atoms with Crippen LogP contribution in [0.1, 0.15) is 86.0 Å². The molecule has 0 aromatic heterocycles. The van der Waals surface area contributed by atoms with Crippen LogP contribution in [0.2, 0.25) is 0 Å². The van der Waals surface area contributed by atoms with Gasteiger partial charge in [0.2, 0.25) is 0 Å². The number of fused-ring (bicyclic) bond motifs is 5. The van der Waals surface area contributed by atoms with Crippen LogP contribution in [0.25, 0.3) is 0 Å². The lowest BCUT2D eigenvalue weighted by Gasteiger charge is -2.57. The molecule has 0 aromatic carbocycles. The Morgan fingerprint density at radius 1 is 1.10 bits per heavy atom. The molecule has 0 aromatic rings. The highest BCUT2D eigenvalue weighted by atomic mass is 16.3. The summed E-state index contributed by atoms with van der Waals surface area (Å²) in [6.07, 6.45) is 10.2. The van der Waals surface area contributed by atoms with E-state index in [1.54, 1.807) is 0 Å². The maximum Gasteiger partial charge on any atom is 0.159 e. The summed E-state index contributed by atoms with van der Waals surface area (Å²) in [5, 5.41) is 10.2. The number of rotatable bonds is 2. The van der Waals surface area contributed by atoms with Crippen molar-refractivity contribution in [2.45, 2.75) is 92.1 Å². The van der Waals surface area contributed by atoms with Crippen LogP contribution < -0.4 is 0 Å². The molecule has 1 N–H and O–H groups in total. The zero-order chi connectivity index (χ0) is 21.0. The third-order valence-corrected chi connectivity index (χ3v) is 9.49. The van der Waals surface area contributed by atoms with Crippen LogP contribution in [0, 0.1) is 58.2 Å². The van der Waals surface area contributed by atoms with Crippen molar-refractivity contribution in [2.24, 2.45) is 46.3 Å². The number of allylic oxidation sites excluding steroid dienone is 1. The Hall–Kier alpha value is -1.07. The van der Waals surface area contributed by atoms with Crippen molar-refractivity contribution in [2.75, 3.05) is 0 Å². The van der Waals surface area contributed by atoms with Crippen molar-refractivity contribution in [3.05, 3.63) is 11.6 Å². The second-order valence-electron chi connectivity index (χ2n) is 11.5. The average Bonchev–Trinajstić information content (AvgIpc) is 3.00. The van der Waals surface area contributed by atoms with E-state index in [0.717, 1.165) is 19.3 Å². The molecule has 2 heteroatoms. The van der Waals surface area contributed by atoms with Crippen LogP contribution in [0.3, 0.4) is 0 Å². The van der Waals surface area contributed by atoms with Gasteiger partial charge in [-0.3, -0.25) is 4.79 Å². The largest absolute Gasteiger partial charge is 0.393 e. The second-order valence-corrected chi connectivity index (χ2v) is 11.5. The molecule has 0 amide bonds. The first-order valence-corrected chi connectivity index (χ1v) is 12.1. The second kappa shape index (κ2) is 7.56. The van der Waals surface area contributed by atoms with Crippen molar-refractivity contribution in [3.8, 4) is 11.8 Å². The molecule has 8 atom stereocenters. The number of aliphatic hydroxyl groups is 1.